The summed E-state index contributed by atoms with van der Waals surface area (Å²) in [6, 6.07) is 35.1. The van der Waals surface area contributed by atoms with Gasteiger partial charge in [0.05, 0.1) is 18.8 Å². The van der Waals surface area contributed by atoms with Crippen molar-refractivity contribution in [2.45, 2.75) is 70.3 Å². The van der Waals surface area contributed by atoms with Crippen LogP contribution in [0.5, 0.6) is 0 Å². The van der Waals surface area contributed by atoms with E-state index in [9.17, 15) is 14.7 Å². The lowest BCUT2D eigenvalue weighted by Gasteiger charge is -2.40. The molecule has 1 amide bonds. The van der Waals surface area contributed by atoms with Gasteiger partial charge in [0.2, 0.25) is 5.91 Å². The summed E-state index contributed by atoms with van der Waals surface area (Å²) in [5.74, 6) is -0.911. The van der Waals surface area contributed by atoms with E-state index in [0.29, 0.717) is 25.8 Å². The molecule has 268 valence electrons. The molecule has 51 heavy (non-hydrogen) atoms. The van der Waals surface area contributed by atoms with E-state index < -0.39 is 12.3 Å². The summed E-state index contributed by atoms with van der Waals surface area (Å²) in [5.41, 5.74) is 7.36. The minimum absolute atomic E-state index is 0.00400. The summed E-state index contributed by atoms with van der Waals surface area (Å²) in [4.78, 5) is 28.0. The molecule has 0 radical (unpaired) electrons. The van der Waals surface area contributed by atoms with Gasteiger partial charge in [-0.3, -0.25) is 19.4 Å². The Morgan fingerprint density at radius 2 is 1.39 bits per heavy atom. The van der Waals surface area contributed by atoms with Crippen molar-refractivity contribution < 1.29 is 29.3 Å². The third kappa shape index (κ3) is 10.8. The first kappa shape index (κ1) is 36.4. The standard InChI is InChI=1S/C42H49N3O6/c46-30-32-13-15-35(16-14-32)39-26-38(29-45-23-21-44(22-24-45)28-31-7-2-1-3-8-31)50-42(51-39)36-19-17-34(18-20-36)37-10-6-9-33(25-37)27-43-40(47)11-4-5-12-41(48)49/h1-3,6-10,13-20,25,38-39,42,46H,4-5,11-12,21-24,26-30H2,(H,43,47)(H,48,49). The highest BCUT2D eigenvalue weighted by Crippen LogP contribution is 2.39. The molecule has 4 aromatic carbocycles. The fraction of sp³-hybridized carbons (Fsp3) is 0.381. The summed E-state index contributed by atoms with van der Waals surface area (Å²) < 4.78 is 13.3. The number of rotatable bonds is 15. The third-order valence-corrected chi connectivity index (χ3v) is 9.77. The van der Waals surface area contributed by atoms with Gasteiger partial charge in [-0.2, -0.15) is 0 Å². The van der Waals surface area contributed by atoms with E-state index in [-0.39, 0.29) is 31.1 Å². The monoisotopic (exact) mass is 691 g/mol. The SMILES string of the molecule is O=C(O)CCCCC(=O)NCc1cccc(-c2ccc(C3OC(CN4CCN(Cc5ccccc5)CC4)CC(c4ccc(CO)cc4)O3)cc2)c1. The predicted molar refractivity (Wildman–Crippen MR) is 196 cm³/mol. The number of amides is 1. The van der Waals surface area contributed by atoms with Crippen LogP contribution in [0.3, 0.4) is 0 Å². The lowest BCUT2D eigenvalue weighted by molar-refractivity contribution is -0.253. The van der Waals surface area contributed by atoms with Crippen LogP contribution in [0.15, 0.2) is 103 Å². The van der Waals surface area contributed by atoms with Gasteiger partial charge in [-0.1, -0.05) is 97.1 Å². The molecule has 2 aliphatic rings. The van der Waals surface area contributed by atoms with Gasteiger partial charge in [-0.05, 0) is 52.3 Å². The number of nitrogens with zero attached hydrogens (tertiary/aromatic N) is 2. The van der Waals surface area contributed by atoms with E-state index >= 15 is 0 Å². The minimum atomic E-state index is -0.836. The number of carboxylic acids is 1. The second-order valence-electron chi connectivity index (χ2n) is 13.6. The number of aliphatic carboxylic acids is 1. The average molecular weight is 692 g/mol. The second-order valence-corrected chi connectivity index (χ2v) is 13.6. The van der Waals surface area contributed by atoms with Crippen LogP contribution < -0.4 is 5.32 Å². The number of ether oxygens (including phenoxy) is 2. The maximum absolute atomic E-state index is 12.3. The van der Waals surface area contributed by atoms with E-state index in [1.807, 2.05) is 24.3 Å². The fourth-order valence-corrected chi connectivity index (χ4v) is 6.84. The molecule has 9 heteroatoms. The third-order valence-electron chi connectivity index (χ3n) is 9.77. The zero-order valence-electron chi connectivity index (χ0n) is 29.2. The lowest BCUT2D eigenvalue weighted by Crippen LogP contribution is -2.49. The Morgan fingerprint density at radius 1 is 0.706 bits per heavy atom. The van der Waals surface area contributed by atoms with Gasteiger partial charge in [0.15, 0.2) is 6.29 Å². The molecule has 2 heterocycles. The smallest absolute Gasteiger partial charge is 0.303 e. The van der Waals surface area contributed by atoms with Crippen molar-refractivity contribution in [3.05, 3.63) is 131 Å². The molecular weight excluding hydrogens is 642 g/mol. The summed E-state index contributed by atoms with van der Waals surface area (Å²) in [5, 5.41) is 21.3. The number of hydrogen-bond donors (Lipinski definition) is 3. The molecule has 4 aromatic rings. The van der Waals surface area contributed by atoms with Crippen molar-refractivity contribution in [2.24, 2.45) is 0 Å². The highest BCUT2D eigenvalue weighted by atomic mass is 16.7. The minimum Gasteiger partial charge on any atom is -0.481 e. The quantitative estimate of drug-likeness (QED) is 0.122. The van der Waals surface area contributed by atoms with Crippen LogP contribution in [0.25, 0.3) is 11.1 Å². The molecule has 0 aliphatic carbocycles. The van der Waals surface area contributed by atoms with Crippen molar-refractivity contribution >= 4 is 11.9 Å². The number of unbranched alkanes of at least 4 members (excludes halogenated alkanes) is 1. The van der Waals surface area contributed by atoms with Crippen molar-refractivity contribution in [3.8, 4) is 11.1 Å². The Morgan fingerprint density at radius 3 is 2.12 bits per heavy atom. The van der Waals surface area contributed by atoms with E-state index in [2.05, 4.69) is 94.0 Å². The number of carbonyl (C=O) groups is 2. The van der Waals surface area contributed by atoms with Crippen LogP contribution in [0, 0.1) is 0 Å². The van der Waals surface area contributed by atoms with Crippen molar-refractivity contribution in [1.29, 1.82) is 0 Å². The highest BCUT2D eigenvalue weighted by molar-refractivity contribution is 5.76. The Bertz CT molecular complexity index is 1690. The van der Waals surface area contributed by atoms with E-state index in [1.54, 1.807) is 0 Å². The largest absolute Gasteiger partial charge is 0.481 e. The molecule has 3 unspecified atom stereocenters. The van der Waals surface area contributed by atoms with Crippen molar-refractivity contribution in [2.75, 3.05) is 32.7 Å². The van der Waals surface area contributed by atoms with Crippen molar-refractivity contribution in [1.82, 2.24) is 15.1 Å². The number of hydrogen-bond acceptors (Lipinski definition) is 7. The molecule has 9 nitrogen and oxygen atoms in total. The van der Waals surface area contributed by atoms with Crippen molar-refractivity contribution in [3.63, 3.8) is 0 Å². The van der Waals surface area contributed by atoms with Crippen LogP contribution >= 0.6 is 0 Å². The van der Waals surface area contributed by atoms with Gasteiger partial charge in [0.25, 0.3) is 0 Å². The molecule has 2 aliphatic heterocycles. The Labute approximate surface area is 300 Å². The van der Waals surface area contributed by atoms with Gasteiger partial charge < -0.3 is 25.0 Å². The first-order valence-corrected chi connectivity index (χ1v) is 18.1. The van der Waals surface area contributed by atoms with Gasteiger partial charge in [0.1, 0.15) is 0 Å². The van der Waals surface area contributed by atoms with Crippen LogP contribution in [0.4, 0.5) is 0 Å². The highest BCUT2D eigenvalue weighted by Gasteiger charge is 2.34. The summed E-state index contributed by atoms with van der Waals surface area (Å²) in [6.07, 6.45) is 1.56. The molecule has 0 aromatic heterocycles. The van der Waals surface area contributed by atoms with Crippen LogP contribution in [-0.4, -0.2) is 70.7 Å². The van der Waals surface area contributed by atoms with E-state index in [0.717, 1.165) is 79.1 Å². The summed E-state index contributed by atoms with van der Waals surface area (Å²) in [6.45, 7) is 6.29. The number of carbonyl (C=O) groups excluding carboxylic acids is 1. The van der Waals surface area contributed by atoms with Gasteiger partial charge in [0, 0.05) is 70.6 Å². The molecule has 0 spiro atoms. The van der Waals surface area contributed by atoms with Gasteiger partial charge in [-0.15, -0.1) is 0 Å². The molecule has 0 saturated carbocycles. The van der Waals surface area contributed by atoms with Crippen LogP contribution in [0.1, 0.15) is 72.3 Å². The molecule has 2 saturated heterocycles. The molecule has 3 atom stereocenters. The number of aliphatic hydroxyl groups is 1. The second kappa shape index (κ2) is 18.2. The maximum Gasteiger partial charge on any atom is 0.303 e. The van der Waals surface area contributed by atoms with Gasteiger partial charge in [-0.25, -0.2) is 0 Å². The molecule has 6 rings (SSSR count). The molecule has 3 N–H and O–H groups in total. The Kier molecular flexibility index (Phi) is 13.0. The molecular formula is C42H49N3O6. The number of benzene rings is 4. The number of aliphatic hydroxyl groups excluding tert-OH is 1. The first-order valence-electron chi connectivity index (χ1n) is 18.1. The zero-order chi connectivity index (χ0) is 35.4. The Hall–Kier alpha value is -4.38. The summed E-state index contributed by atoms with van der Waals surface area (Å²) in [7, 11) is 0. The fourth-order valence-electron chi connectivity index (χ4n) is 6.84. The summed E-state index contributed by atoms with van der Waals surface area (Å²) >= 11 is 0. The number of piperazine rings is 1. The topological polar surface area (TPSA) is 112 Å². The normalized spacial score (nSPS) is 19.8. The lowest BCUT2D eigenvalue weighted by atomic mass is 9.98. The Balaban J connectivity index is 1.08. The average Bonchev–Trinajstić information content (AvgIpc) is 3.17. The predicted octanol–water partition coefficient (Wildman–Crippen LogP) is 6.47. The number of nitrogens with one attached hydrogen (secondary N) is 1. The first-order chi connectivity index (χ1) is 24.9. The van der Waals surface area contributed by atoms with Crippen LogP contribution in [-0.2, 0) is 38.8 Å². The molecule has 0 bridgehead atoms. The van der Waals surface area contributed by atoms with Gasteiger partial charge >= 0.3 is 5.97 Å². The number of carboxylic acid groups (broad SMARTS) is 1. The zero-order valence-corrected chi connectivity index (χ0v) is 29.2. The maximum atomic E-state index is 12.3. The van der Waals surface area contributed by atoms with E-state index in [4.69, 9.17) is 14.6 Å². The molecule has 2 fully saturated rings. The van der Waals surface area contributed by atoms with E-state index in [1.165, 1.54) is 5.56 Å². The van der Waals surface area contributed by atoms with Crippen LogP contribution in [0.2, 0.25) is 0 Å².